The number of Topliss-reactive ketones (excluding diaryl/α,β-unsaturated/α-hetero) is 1. The molecule has 0 spiro atoms. The minimum absolute atomic E-state index is 0.0293. The van der Waals surface area contributed by atoms with Crippen LogP contribution in [0.25, 0.3) is 0 Å². The molecule has 0 aromatic rings. The first-order chi connectivity index (χ1) is 19.6. The van der Waals surface area contributed by atoms with E-state index in [-0.39, 0.29) is 16.9 Å². The van der Waals surface area contributed by atoms with Crippen molar-refractivity contribution in [1.82, 2.24) is 0 Å². The maximum Gasteiger partial charge on any atom is 0.158 e. The minimum atomic E-state index is -0.211. The van der Waals surface area contributed by atoms with Crippen molar-refractivity contribution >= 4 is 5.78 Å². The van der Waals surface area contributed by atoms with E-state index in [1.807, 2.05) is 6.92 Å². The van der Waals surface area contributed by atoms with Crippen molar-refractivity contribution in [2.75, 3.05) is 0 Å². The van der Waals surface area contributed by atoms with Gasteiger partial charge in [0.1, 0.15) is 0 Å². The fraction of sp³-hybridized carbons (Fsp3) is 0.575. The van der Waals surface area contributed by atoms with Crippen molar-refractivity contribution in [3.05, 3.63) is 93.7 Å². The van der Waals surface area contributed by atoms with Crippen LogP contribution in [-0.4, -0.2) is 17.0 Å². The van der Waals surface area contributed by atoms with Gasteiger partial charge in [-0.25, -0.2) is 0 Å². The van der Waals surface area contributed by atoms with Gasteiger partial charge in [-0.15, -0.1) is 0 Å². The summed E-state index contributed by atoms with van der Waals surface area (Å²) >= 11 is 0. The van der Waals surface area contributed by atoms with Crippen LogP contribution in [0.4, 0.5) is 0 Å². The summed E-state index contributed by atoms with van der Waals surface area (Å²) < 4.78 is 0. The molecule has 2 aliphatic rings. The van der Waals surface area contributed by atoms with Crippen molar-refractivity contribution in [3.63, 3.8) is 0 Å². The first-order valence-corrected chi connectivity index (χ1v) is 16.3. The molecular weight excluding hydrogens is 512 g/mol. The van der Waals surface area contributed by atoms with E-state index in [9.17, 15) is 9.90 Å². The third-order valence-corrected chi connectivity index (χ3v) is 9.22. The molecule has 0 radical (unpaired) electrons. The molecule has 232 valence electrons. The van der Waals surface area contributed by atoms with Crippen LogP contribution in [0.2, 0.25) is 0 Å². The number of hydrogen-bond donors (Lipinski definition) is 1. The molecule has 0 heterocycles. The molecule has 1 unspecified atom stereocenters. The predicted molar refractivity (Wildman–Crippen MR) is 183 cm³/mol. The molecule has 2 rings (SSSR count). The molecule has 0 aromatic heterocycles. The summed E-state index contributed by atoms with van der Waals surface area (Å²) in [6, 6.07) is 0. The van der Waals surface area contributed by atoms with Crippen LogP contribution < -0.4 is 0 Å². The summed E-state index contributed by atoms with van der Waals surface area (Å²) in [6.07, 6.45) is 28.8. The fourth-order valence-electron chi connectivity index (χ4n) is 6.37. The molecule has 42 heavy (non-hydrogen) atoms. The van der Waals surface area contributed by atoms with Crippen LogP contribution in [0.5, 0.6) is 0 Å². The molecule has 0 amide bonds. The van der Waals surface area contributed by atoms with E-state index in [0.29, 0.717) is 18.1 Å². The molecule has 2 atom stereocenters. The summed E-state index contributed by atoms with van der Waals surface area (Å²) in [5.74, 6) is 0.948. The van der Waals surface area contributed by atoms with Gasteiger partial charge in [0, 0.05) is 6.42 Å². The number of rotatable bonds is 13. The average molecular weight is 573 g/mol. The minimum Gasteiger partial charge on any atom is -0.393 e. The number of carbonyl (C=O) groups is 1. The molecule has 0 bridgehead atoms. The summed E-state index contributed by atoms with van der Waals surface area (Å²) in [7, 11) is 0. The number of carbonyl (C=O) groups excluding carboxylic acids is 1. The van der Waals surface area contributed by atoms with E-state index >= 15 is 0 Å². The predicted octanol–water partition coefficient (Wildman–Crippen LogP) is 11.3. The van der Waals surface area contributed by atoms with Gasteiger partial charge in [-0.05, 0) is 119 Å². The Kier molecular flexibility index (Phi) is 14.0. The third-order valence-electron chi connectivity index (χ3n) is 9.22. The lowest BCUT2D eigenvalue weighted by atomic mass is 9.71. The van der Waals surface area contributed by atoms with Crippen molar-refractivity contribution in [2.45, 2.75) is 133 Å². The number of hydrogen-bond acceptors (Lipinski definition) is 2. The van der Waals surface area contributed by atoms with Crippen LogP contribution in [0.15, 0.2) is 93.7 Å². The maximum atomic E-state index is 12.2. The Morgan fingerprint density at radius 1 is 0.952 bits per heavy atom. The van der Waals surface area contributed by atoms with Crippen molar-refractivity contribution in [3.8, 4) is 0 Å². The van der Waals surface area contributed by atoms with E-state index < -0.39 is 0 Å². The molecule has 0 fully saturated rings. The lowest BCUT2D eigenvalue weighted by Crippen LogP contribution is -2.28. The lowest BCUT2D eigenvalue weighted by molar-refractivity contribution is -0.116. The first-order valence-electron chi connectivity index (χ1n) is 16.3. The standard InChI is InChI=1S/C40H60O2/c1-29(17-13-19-31(3)21-23-36-33(5)27-35(41)28-40(36,9)10)15-11-12-16-30(2)18-14-20-32(4)22-24-37-34(6)38(42)25-26-39(37,7)8/h11-12,15,19-24,30,35,41H,13-14,16-18,25-28H2,1-10H3/b12-11+,23-21+,24-22+,29-15+,31-19-,32-20+/t30?,35-/m1/s1. The van der Waals surface area contributed by atoms with Gasteiger partial charge in [0.2, 0.25) is 0 Å². The molecule has 2 heteroatoms. The van der Waals surface area contributed by atoms with E-state index in [4.69, 9.17) is 0 Å². The highest BCUT2D eigenvalue weighted by molar-refractivity contribution is 5.97. The van der Waals surface area contributed by atoms with Gasteiger partial charge in [-0.3, -0.25) is 4.79 Å². The smallest absolute Gasteiger partial charge is 0.158 e. The van der Waals surface area contributed by atoms with Gasteiger partial charge in [0.15, 0.2) is 5.78 Å². The maximum absolute atomic E-state index is 12.2. The molecule has 0 aliphatic heterocycles. The van der Waals surface area contributed by atoms with Crippen LogP contribution in [-0.2, 0) is 4.79 Å². The monoisotopic (exact) mass is 572 g/mol. The lowest BCUT2D eigenvalue weighted by Gasteiger charge is -2.35. The topological polar surface area (TPSA) is 37.3 Å². The highest BCUT2D eigenvalue weighted by Crippen LogP contribution is 2.41. The Balaban J connectivity index is 1.75. The number of ketones is 1. The zero-order chi connectivity index (χ0) is 31.5. The van der Waals surface area contributed by atoms with Gasteiger partial charge >= 0.3 is 0 Å². The second-order valence-electron chi connectivity index (χ2n) is 14.4. The number of aliphatic hydroxyl groups is 1. The van der Waals surface area contributed by atoms with Crippen LogP contribution in [0.3, 0.4) is 0 Å². The van der Waals surface area contributed by atoms with Crippen LogP contribution >= 0.6 is 0 Å². The second kappa shape index (κ2) is 16.4. The van der Waals surface area contributed by atoms with Crippen LogP contribution in [0.1, 0.15) is 127 Å². The Morgan fingerprint density at radius 2 is 1.57 bits per heavy atom. The molecule has 0 saturated heterocycles. The number of aliphatic hydroxyl groups excluding tert-OH is 1. The average Bonchev–Trinajstić information content (AvgIpc) is 2.87. The van der Waals surface area contributed by atoms with Crippen molar-refractivity contribution in [2.24, 2.45) is 16.7 Å². The molecule has 2 nitrogen and oxygen atoms in total. The molecule has 0 aromatic carbocycles. The fourth-order valence-corrected chi connectivity index (χ4v) is 6.37. The summed E-state index contributed by atoms with van der Waals surface area (Å²) in [5, 5.41) is 10.1. The Hall–Kier alpha value is -2.45. The molecule has 2 aliphatic carbocycles. The van der Waals surface area contributed by atoms with Gasteiger partial charge in [-0.2, -0.15) is 0 Å². The van der Waals surface area contributed by atoms with E-state index in [1.54, 1.807) is 0 Å². The van der Waals surface area contributed by atoms with Gasteiger partial charge < -0.3 is 5.11 Å². The Bertz CT molecular complexity index is 1190. The zero-order valence-corrected chi connectivity index (χ0v) is 28.6. The molecule has 1 N–H and O–H groups in total. The SMILES string of the molecule is CC1=C(/C=C/C(C)=C\CC/C(C)=C/C=C/CC(C)CC/C=C(C)/C=C/C2=C(C)C(=O)CCC2(C)C)C(C)(C)C[C@H](O)C1. The normalized spacial score (nSPS) is 23.3. The second-order valence-corrected chi connectivity index (χ2v) is 14.4. The van der Waals surface area contributed by atoms with E-state index in [2.05, 4.69) is 117 Å². The summed E-state index contributed by atoms with van der Waals surface area (Å²) in [6.45, 7) is 22.0. The Labute approximate surface area is 258 Å². The molecule has 0 saturated carbocycles. The summed E-state index contributed by atoms with van der Waals surface area (Å²) in [4.78, 5) is 12.2. The van der Waals surface area contributed by atoms with E-state index in [0.717, 1.165) is 50.5 Å². The Morgan fingerprint density at radius 3 is 2.21 bits per heavy atom. The van der Waals surface area contributed by atoms with Crippen molar-refractivity contribution in [1.29, 1.82) is 0 Å². The first kappa shape index (κ1) is 35.7. The highest BCUT2D eigenvalue weighted by Gasteiger charge is 2.32. The largest absolute Gasteiger partial charge is 0.393 e. The highest BCUT2D eigenvalue weighted by atomic mass is 16.3. The van der Waals surface area contributed by atoms with Gasteiger partial charge in [-0.1, -0.05) is 112 Å². The number of allylic oxidation sites excluding steroid dienone is 15. The third kappa shape index (κ3) is 11.7. The van der Waals surface area contributed by atoms with E-state index in [1.165, 1.54) is 39.9 Å². The summed E-state index contributed by atoms with van der Waals surface area (Å²) in [5.41, 5.74) is 8.92. The van der Waals surface area contributed by atoms with Gasteiger partial charge in [0.25, 0.3) is 0 Å². The van der Waals surface area contributed by atoms with Crippen LogP contribution in [0, 0.1) is 16.7 Å². The van der Waals surface area contributed by atoms with Crippen molar-refractivity contribution < 1.29 is 9.90 Å². The molecular formula is C40H60O2. The zero-order valence-electron chi connectivity index (χ0n) is 28.6. The quantitative estimate of drug-likeness (QED) is 0.223. The van der Waals surface area contributed by atoms with Gasteiger partial charge in [0.05, 0.1) is 6.10 Å².